The van der Waals surface area contributed by atoms with Crippen molar-refractivity contribution in [3.8, 4) is 11.8 Å². The summed E-state index contributed by atoms with van der Waals surface area (Å²) >= 11 is 0. The summed E-state index contributed by atoms with van der Waals surface area (Å²) in [6.07, 6.45) is 1.97. The van der Waals surface area contributed by atoms with Gasteiger partial charge in [-0.1, -0.05) is 12.1 Å². The first-order chi connectivity index (χ1) is 6.86. The maximum absolute atomic E-state index is 8.60. The van der Waals surface area contributed by atoms with Gasteiger partial charge >= 0.3 is 0 Å². The Morgan fingerprint density at radius 3 is 3.07 bits per heavy atom. The molecule has 14 heavy (non-hydrogen) atoms. The minimum Gasteiger partial charge on any atom is -0.493 e. The third-order valence-corrected chi connectivity index (χ3v) is 2.13. The van der Waals surface area contributed by atoms with Crippen LogP contribution in [0.15, 0.2) is 28.9 Å². The predicted octanol–water partition coefficient (Wildman–Crippen LogP) is 2.51. The van der Waals surface area contributed by atoms with E-state index >= 15 is 0 Å². The van der Waals surface area contributed by atoms with Crippen molar-refractivity contribution in [3.05, 3.63) is 30.0 Å². The number of nitriles is 1. The number of nitrogens with zero attached hydrogens (tertiary/aromatic N) is 1. The maximum atomic E-state index is 8.60. The molecule has 0 saturated carbocycles. The third kappa shape index (κ3) is 1.21. The van der Waals surface area contributed by atoms with Gasteiger partial charge < -0.3 is 9.15 Å². The van der Waals surface area contributed by atoms with Gasteiger partial charge in [-0.25, -0.2) is 0 Å². The highest BCUT2D eigenvalue weighted by atomic mass is 16.5. The third-order valence-electron chi connectivity index (χ3n) is 2.13. The quantitative estimate of drug-likeness (QED) is 0.725. The molecule has 2 aromatic rings. The highest BCUT2D eigenvalue weighted by molar-refractivity contribution is 5.86. The lowest BCUT2D eigenvalue weighted by molar-refractivity contribution is 0.410. The molecule has 0 aliphatic carbocycles. The molecule has 1 aromatic carbocycles. The number of rotatable bonds is 2. The van der Waals surface area contributed by atoms with Gasteiger partial charge in [0.25, 0.3) is 0 Å². The van der Waals surface area contributed by atoms with Gasteiger partial charge in [-0.3, -0.25) is 0 Å². The summed E-state index contributed by atoms with van der Waals surface area (Å²) in [5.74, 6) is 0.701. The van der Waals surface area contributed by atoms with Crippen LogP contribution in [0.25, 0.3) is 11.0 Å². The van der Waals surface area contributed by atoms with Crippen LogP contribution in [-0.4, -0.2) is 7.11 Å². The van der Waals surface area contributed by atoms with E-state index in [-0.39, 0.29) is 0 Å². The summed E-state index contributed by atoms with van der Waals surface area (Å²) in [5, 5.41) is 9.55. The molecule has 0 aliphatic rings. The molecular weight excluding hydrogens is 178 g/mol. The molecule has 0 bridgehead atoms. The summed E-state index contributed by atoms with van der Waals surface area (Å²) in [6.45, 7) is 0. The van der Waals surface area contributed by atoms with E-state index in [2.05, 4.69) is 6.07 Å². The topological polar surface area (TPSA) is 46.2 Å². The lowest BCUT2D eigenvalue weighted by atomic mass is 10.1. The van der Waals surface area contributed by atoms with E-state index in [1.165, 1.54) is 0 Å². The van der Waals surface area contributed by atoms with E-state index in [4.69, 9.17) is 14.4 Å². The van der Waals surface area contributed by atoms with Crippen LogP contribution in [0.1, 0.15) is 5.56 Å². The number of ether oxygens (including phenoxy) is 1. The molecule has 1 heterocycles. The zero-order chi connectivity index (χ0) is 9.97. The van der Waals surface area contributed by atoms with Crippen molar-refractivity contribution in [2.45, 2.75) is 6.42 Å². The Bertz CT molecular complexity index is 493. The van der Waals surface area contributed by atoms with Gasteiger partial charge in [-0.05, 0) is 6.07 Å². The van der Waals surface area contributed by atoms with Gasteiger partial charge in [-0.2, -0.15) is 5.26 Å². The lowest BCUT2D eigenvalue weighted by Gasteiger charge is -1.98. The molecule has 0 radical (unpaired) electrons. The number of para-hydroxylation sites is 1. The fourth-order valence-electron chi connectivity index (χ4n) is 1.47. The molecule has 3 nitrogen and oxygen atoms in total. The molecule has 0 saturated heterocycles. The molecule has 0 aliphatic heterocycles. The SMILES string of the molecule is COc1cccc2c(CC#N)coc12. The molecule has 2 rings (SSSR count). The Morgan fingerprint density at radius 1 is 1.50 bits per heavy atom. The van der Waals surface area contributed by atoms with E-state index in [1.54, 1.807) is 13.4 Å². The Morgan fingerprint density at radius 2 is 2.36 bits per heavy atom. The van der Waals surface area contributed by atoms with Crippen molar-refractivity contribution in [3.63, 3.8) is 0 Å². The Balaban J connectivity index is 2.64. The standard InChI is InChI=1S/C11H9NO2/c1-13-10-4-2-3-9-8(5-6-12)7-14-11(9)10/h2-4,7H,5H2,1H3. The van der Waals surface area contributed by atoms with Crippen molar-refractivity contribution in [2.75, 3.05) is 7.11 Å². The average Bonchev–Trinajstić information content (AvgIpc) is 2.62. The van der Waals surface area contributed by atoms with Crippen molar-refractivity contribution in [1.82, 2.24) is 0 Å². The molecule has 0 spiro atoms. The van der Waals surface area contributed by atoms with E-state index in [0.29, 0.717) is 17.8 Å². The van der Waals surface area contributed by atoms with Gasteiger partial charge in [0, 0.05) is 10.9 Å². The predicted molar refractivity (Wildman–Crippen MR) is 52.1 cm³/mol. The summed E-state index contributed by atoms with van der Waals surface area (Å²) in [7, 11) is 1.60. The normalized spacial score (nSPS) is 10.0. The highest BCUT2D eigenvalue weighted by Crippen LogP contribution is 2.29. The molecule has 1 aromatic heterocycles. The van der Waals surface area contributed by atoms with Crippen LogP contribution < -0.4 is 4.74 Å². The molecule has 0 atom stereocenters. The summed E-state index contributed by atoms with van der Waals surface area (Å²) in [5.41, 5.74) is 1.61. The molecule has 0 unspecified atom stereocenters. The Kier molecular flexibility index (Phi) is 2.11. The average molecular weight is 187 g/mol. The van der Waals surface area contributed by atoms with Crippen LogP contribution in [0, 0.1) is 11.3 Å². The fraction of sp³-hybridized carbons (Fsp3) is 0.182. The second kappa shape index (κ2) is 3.43. The summed E-state index contributed by atoms with van der Waals surface area (Å²) in [4.78, 5) is 0. The number of methoxy groups -OCH3 is 1. The molecule has 0 fully saturated rings. The van der Waals surface area contributed by atoms with E-state index < -0.39 is 0 Å². The second-order valence-corrected chi connectivity index (χ2v) is 2.93. The van der Waals surface area contributed by atoms with Crippen LogP contribution in [0.5, 0.6) is 5.75 Å². The van der Waals surface area contributed by atoms with Crippen LogP contribution in [-0.2, 0) is 6.42 Å². The van der Waals surface area contributed by atoms with E-state index in [9.17, 15) is 0 Å². The van der Waals surface area contributed by atoms with Crippen LogP contribution in [0.3, 0.4) is 0 Å². The molecule has 0 amide bonds. The van der Waals surface area contributed by atoms with Crippen LogP contribution in [0.4, 0.5) is 0 Å². The number of hydrogen-bond donors (Lipinski definition) is 0. The monoisotopic (exact) mass is 187 g/mol. The van der Waals surface area contributed by atoms with Crippen molar-refractivity contribution >= 4 is 11.0 Å². The van der Waals surface area contributed by atoms with Crippen molar-refractivity contribution in [1.29, 1.82) is 5.26 Å². The smallest absolute Gasteiger partial charge is 0.175 e. The van der Waals surface area contributed by atoms with Crippen LogP contribution >= 0.6 is 0 Å². The summed E-state index contributed by atoms with van der Waals surface area (Å²) < 4.78 is 10.5. The molecule has 0 N–H and O–H groups in total. The van der Waals surface area contributed by atoms with Crippen LogP contribution in [0.2, 0.25) is 0 Å². The Labute approximate surface area is 81.5 Å². The fourth-order valence-corrected chi connectivity index (χ4v) is 1.47. The first-order valence-corrected chi connectivity index (χ1v) is 4.27. The Hall–Kier alpha value is -1.95. The largest absolute Gasteiger partial charge is 0.493 e. The zero-order valence-electron chi connectivity index (χ0n) is 7.78. The van der Waals surface area contributed by atoms with E-state index in [0.717, 1.165) is 10.9 Å². The first-order valence-electron chi connectivity index (χ1n) is 4.27. The minimum atomic E-state index is 0.361. The second-order valence-electron chi connectivity index (χ2n) is 2.93. The number of benzene rings is 1. The molecule has 3 heteroatoms. The molecule has 70 valence electrons. The summed E-state index contributed by atoms with van der Waals surface area (Å²) in [6, 6.07) is 7.75. The number of furan rings is 1. The highest BCUT2D eigenvalue weighted by Gasteiger charge is 2.08. The molecular formula is C11H9NO2. The van der Waals surface area contributed by atoms with Gasteiger partial charge in [0.1, 0.15) is 0 Å². The first kappa shape index (κ1) is 8.64. The number of hydrogen-bond acceptors (Lipinski definition) is 3. The minimum absolute atomic E-state index is 0.361. The van der Waals surface area contributed by atoms with Crippen molar-refractivity contribution in [2.24, 2.45) is 0 Å². The van der Waals surface area contributed by atoms with E-state index in [1.807, 2.05) is 18.2 Å². The number of fused-ring (bicyclic) bond motifs is 1. The van der Waals surface area contributed by atoms with Gasteiger partial charge in [-0.15, -0.1) is 0 Å². The van der Waals surface area contributed by atoms with Gasteiger partial charge in [0.05, 0.1) is 25.9 Å². The lowest BCUT2D eigenvalue weighted by Crippen LogP contribution is -1.83. The van der Waals surface area contributed by atoms with Gasteiger partial charge in [0.15, 0.2) is 11.3 Å². The van der Waals surface area contributed by atoms with Gasteiger partial charge in [0.2, 0.25) is 0 Å². The van der Waals surface area contributed by atoms with Crippen molar-refractivity contribution < 1.29 is 9.15 Å². The zero-order valence-corrected chi connectivity index (χ0v) is 7.78. The maximum Gasteiger partial charge on any atom is 0.175 e.